The maximum absolute atomic E-state index is 13.7. The number of aliphatic imine (C=N–C) groups is 2. The van der Waals surface area contributed by atoms with Crippen molar-refractivity contribution in [3.8, 4) is 28.2 Å². The van der Waals surface area contributed by atoms with Crippen LogP contribution in [-0.2, 0) is 70.5 Å². The van der Waals surface area contributed by atoms with Crippen LogP contribution < -0.4 is 63.9 Å². The van der Waals surface area contributed by atoms with Crippen molar-refractivity contribution in [2.24, 2.45) is 80.5 Å². The largest absolute Gasteiger partial charge is 0.508 e. The Morgan fingerprint density at radius 1 is 0.429 bits per heavy atom. The first kappa shape index (κ1) is 92.1. The highest BCUT2D eigenvalue weighted by molar-refractivity contribution is 7.97. The van der Waals surface area contributed by atoms with Gasteiger partial charge in [0.2, 0.25) is 11.6 Å². The first-order chi connectivity index (χ1) is 63.4. The predicted octanol–water partition coefficient (Wildman–Crippen LogP) is 9.19. The van der Waals surface area contributed by atoms with E-state index < -0.39 is 59.1 Å². The van der Waals surface area contributed by atoms with Gasteiger partial charge in [-0.05, 0) is 124 Å². The zero-order chi connectivity index (χ0) is 95.1. The second kappa shape index (κ2) is 39.3. The molecule has 133 heavy (non-hydrogen) atoms. The van der Waals surface area contributed by atoms with Gasteiger partial charge >= 0.3 is 5.97 Å². The van der Waals surface area contributed by atoms with Crippen LogP contribution in [0.4, 0.5) is 57.1 Å². The van der Waals surface area contributed by atoms with Crippen molar-refractivity contribution in [1.29, 1.82) is 0 Å². The summed E-state index contributed by atoms with van der Waals surface area (Å²) in [7, 11) is 18.1. The van der Waals surface area contributed by atoms with E-state index in [2.05, 4.69) is 101 Å². The number of carboxylic acid groups (broad SMARTS) is 1. The number of aromatic carboxylic acids is 1. The molecule has 0 unspecified atom stereocenters. The number of imidazole rings is 3. The maximum atomic E-state index is 13.7. The van der Waals surface area contributed by atoms with Crippen LogP contribution in [0.5, 0.6) is 5.75 Å². The van der Waals surface area contributed by atoms with Crippen molar-refractivity contribution in [2.75, 3.05) is 87.6 Å². The Hall–Kier alpha value is -17.1. The summed E-state index contributed by atoms with van der Waals surface area (Å²) in [4.78, 5) is 183. The highest BCUT2D eigenvalue weighted by atomic mass is 32.1. The maximum Gasteiger partial charge on any atom is 0.336 e. The van der Waals surface area contributed by atoms with Crippen LogP contribution in [0.1, 0.15) is 141 Å². The molecule has 12 aromatic rings. The minimum Gasteiger partial charge on any atom is -0.508 e. The van der Waals surface area contributed by atoms with Gasteiger partial charge < -0.3 is 129 Å². The summed E-state index contributed by atoms with van der Waals surface area (Å²) >= 11 is 4.51. The fourth-order valence-electron chi connectivity index (χ4n) is 14.9. The van der Waals surface area contributed by atoms with Crippen molar-refractivity contribution in [3.63, 3.8) is 0 Å². The summed E-state index contributed by atoms with van der Waals surface area (Å²) in [5.41, 5.74) is 5.15. The number of rotatable bonds is 34. The molecule has 0 saturated heterocycles. The highest BCUT2D eigenvalue weighted by Crippen LogP contribution is 2.43. The van der Waals surface area contributed by atoms with Crippen molar-refractivity contribution in [2.45, 2.75) is 25.7 Å². The second-order valence-corrected chi connectivity index (χ2v) is 32.0. The Labute approximate surface area is 762 Å². The molecule has 14 rings (SSSR count). The number of hydrogen-bond donors (Lipinski definition) is 15. The molecule has 44 heteroatoms. The number of carboxylic acids is 1. The average Bonchev–Trinajstić information content (AvgIpc) is 1.64. The third-order valence-corrected chi connectivity index (χ3v) is 21.7. The molecule has 686 valence electrons. The number of aliphatic hydroxyl groups excluding tert-OH is 1. The van der Waals surface area contributed by atoms with E-state index in [1.54, 1.807) is 136 Å². The third kappa shape index (κ3) is 21.5. The number of carbonyl (C=O) groups excluding carboxylic acids is 10. The monoisotopic (exact) mass is 1830 g/mol. The van der Waals surface area contributed by atoms with E-state index in [1.807, 2.05) is 7.05 Å². The van der Waals surface area contributed by atoms with Crippen LogP contribution >= 0.6 is 12.6 Å². The zero-order valence-electron chi connectivity index (χ0n) is 73.7. The fraction of sp³-hybridized carbons (Fsp3) is 0.225. The summed E-state index contributed by atoms with van der Waals surface area (Å²) in [5, 5.41) is 63.0. The van der Waals surface area contributed by atoms with E-state index in [4.69, 9.17) is 4.42 Å². The predicted molar refractivity (Wildman–Crippen MR) is 500 cm³/mol. The smallest absolute Gasteiger partial charge is 0.336 e. The summed E-state index contributed by atoms with van der Waals surface area (Å²) in [6.45, 7) is 2.22. The van der Waals surface area contributed by atoms with Gasteiger partial charge in [0.05, 0.1) is 51.6 Å². The van der Waals surface area contributed by atoms with Crippen molar-refractivity contribution < 1.29 is 72.5 Å². The number of benzene rings is 3. The number of phenols is 1. The Balaban J connectivity index is 0.479. The number of anilines is 9. The molecule has 1 aliphatic heterocycles. The Bertz CT molecular complexity index is 7060. The number of amidine groups is 1. The molecule has 0 atom stereocenters. The van der Waals surface area contributed by atoms with Gasteiger partial charge in [-0.25, -0.2) is 19.7 Å². The Morgan fingerprint density at radius 2 is 0.857 bits per heavy atom. The lowest BCUT2D eigenvalue weighted by Gasteiger charge is -2.17. The lowest BCUT2D eigenvalue weighted by molar-refractivity contribution is 0.0695. The lowest BCUT2D eigenvalue weighted by atomic mass is 9.90. The number of carbonyl (C=O) groups is 11. The van der Waals surface area contributed by atoms with Gasteiger partial charge in [0.1, 0.15) is 57.0 Å². The molecule has 1 aliphatic carbocycles. The van der Waals surface area contributed by atoms with E-state index in [0.29, 0.717) is 89.5 Å². The number of phenolic OH excluding ortho intramolecular Hbond substituents is 1. The quantitative estimate of drug-likeness (QED) is 0.00587. The molecule has 0 fully saturated rings. The number of aliphatic hydroxyl groups is 1. The number of fused-ring (bicyclic) bond motifs is 2. The summed E-state index contributed by atoms with van der Waals surface area (Å²) < 4.78 is 21.0. The van der Waals surface area contributed by atoms with E-state index >= 15 is 0 Å². The molecule has 2 aromatic carbocycles. The van der Waals surface area contributed by atoms with Gasteiger partial charge in [0.25, 0.3) is 59.1 Å². The molecule has 0 spiro atoms. The normalized spacial score (nSPS) is 11.6. The minimum absolute atomic E-state index is 0.0148. The van der Waals surface area contributed by atoms with Crippen LogP contribution in [0.25, 0.3) is 33.4 Å². The number of nitrogens with one attached hydrogen (secondary N) is 11. The third-order valence-electron chi connectivity index (χ3n) is 21.4. The minimum atomic E-state index is -1.19. The molecule has 43 nitrogen and oxygen atoms in total. The summed E-state index contributed by atoms with van der Waals surface area (Å²) in [6, 6.07) is 24.0. The van der Waals surface area contributed by atoms with Crippen LogP contribution in [0.15, 0.2) is 184 Å². The lowest BCUT2D eigenvalue weighted by Crippen LogP contribution is -2.29. The van der Waals surface area contributed by atoms with E-state index in [-0.39, 0.29) is 150 Å². The molecule has 11 heterocycles. The number of aryl methyl sites for hydroxylation is 10. The number of thiol groups is 1. The van der Waals surface area contributed by atoms with E-state index in [1.165, 1.54) is 145 Å². The highest BCUT2D eigenvalue weighted by Gasteiger charge is 2.28. The fourth-order valence-corrected chi connectivity index (χ4v) is 15.1. The molecule has 2 aliphatic rings. The molecule has 14 N–H and O–H groups in total. The topological polar surface area (TPSA) is 527 Å². The van der Waals surface area contributed by atoms with Crippen LogP contribution in [0, 0.1) is 0 Å². The molecular formula is C89H93N27O16S. The van der Waals surface area contributed by atoms with Gasteiger partial charge in [-0.1, -0.05) is 6.07 Å². The number of hydrogen-bond acceptors (Lipinski definition) is 20. The van der Waals surface area contributed by atoms with Crippen LogP contribution in [0.2, 0.25) is 0 Å². The molecule has 10 amide bonds. The Morgan fingerprint density at radius 3 is 1.32 bits per heavy atom. The second-order valence-electron chi connectivity index (χ2n) is 31.5. The van der Waals surface area contributed by atoms with E-state index in [9.17, 15) is 72.9 Å². The molecule has 0 radical (unpaired) electrons. The number of amides is 10. The zero-order valence-corrected chi connectivity index (χ0v) is 74.6. The van der Waals surface area contributed by atoms with Gasteiger partial charge in [0.15, 0.2) is 34.0 Å². The van der Waals surface area contributed by atoms with Crippen molar-refractivity contribution in [3.05, 3.63) is 238 Å². The van der Waals surface area contributed by atoms with Crippen LogP contribution in [-0.4, -0.2) is 197 Å². The molecule has 0 saturated carbocycles. The van der Waals surface area contributed by atoms with Gasteiger partial charge in [0, 0.05) is 193 Å². The van der Waals surface area contributed by atoms with Gasteiger partial charge in [-0.15, -0.1) is 12.6 Å². The standard InChI is InChI=1S/C89H93N27O16S/c1-106(27-14-24-93-89(133)101-48-16-19-58(61(29-48)88(130)131)74-59-20-17-56(117)37-69(59)132-70-38-57(118)18-21-60(70)74)26-13-23-92-79(121)63-31-50(40-109(63)4)95-81(123)64-32-51(41-110(64)5)96-82(124)66-34-53(43-112(66)7)98-83(125)67-35-54(44-113(67)8)99-86(128)76-103-71(46-115(76)10)102-73(119)15-12-22-91-78(120)62-30-49(39-108(62)3)94-80(122)65-33-52(42-111(65)6)97-84(126)68-36-55(45-114(68)9)100-87(129)77-104-72(47-116(77)11)105-85(127)75-90-25-28-107(75)2/h16-21,25,28-47,117H,12-15,22-24,26-27H2,1-11H3,(H,91,120)(H,92,121)(H,94,122)(H,95,123)(H,96,124)(H,97,126)(H,98,125)(H,99,128)(H,100,129)(H,102,119)(H,105,127)(H,130,131)(H2,93,101,133). The van der Waals surface area contributed by atoms with Crippen molar-refractivity contribution in [1.82, 2.24) is 76.2 Å². The summed E-state index contributed by atoms with van der Waals surface area (Å²) in [5.74, 6) is -6.49. The number of aromatic hydroxyl groups is 1. The number of aromatic nitrogens is 13. The first-order valence-electron chi connectivity index (χ1n) is 41.2. The van der Waals surface area contributed by atoms with Gasteiger partial charge in [-0.3, -0.25) is 57.7 Å². The number of nitrogens with zero attached hydrogens (tertiary/aromatic N) is 16. The first-order valence-corrected chi connectivity index (χ1v) is 41.7. The molecule has 0 bridgehead atoms. The van der Waals surface area contributed by atoms with E-state index in [0.717, 1.165) is 0 Å². The van der Waals surface area contributed by atoms with Gasteiger partial charge in [-0.2, -0.15) is 4.99 Å². The summed E-state index contributed by atoms with van der Waals surface area (Å²) in [6.07, 6.45) is 18.4. The molecular weight excluding hydrogens is 1740 g/mol. The Kier molecular flexibility index (Phi) is 27.2. The van der Waals surface area contributed by atoms with Crippen molar-refractivity contribution >= 4 is 157 Å². The SMILES string of the molecule is CN(CCCN=C(S)Nc1ccc(-c2c3ccc(=O)cc-3oc3cc(O)ccc23)c(C(=O)O)c1)CCCNC(=O)c1cc(NC(=O)c2cc(NC(=O)c3cc(NC(=O)c4cc(NC(=O)c5nc(N=C(O)CCCNC(=O)c6cc(NC(=O)c7cc(NC(=O)c8cc(NC(=O)c9nc(NC(=O)c%10nccn%10C)cn9C)cn8C)cn7C)cn6C)cn5C)cn4C)cn3C)cn2C)cn1C. The van der Waals surface area contributed by atoms with Crippen LogP contribution in [0.3, 0.4) is 0 Å². The average molecular weight is 1830 g/mol. The molecule has 10 aromatic heterocycles.